The summed E-state index contributed by atoms with van der Waals surface area (Å²) in [6.07, 6.45) is 0.336. The monoisotopic (exact) mass is 403 g/mol. The van der Waals surface area contributed by atoms with E-state index in [0.29, 0.717) is 40.7 Å². The van der Waals surface area contributed by atoms with Crippen LogP contribution < -0.4 is 20.5 Å². The van der Waals surface area contributed by atoms with Crippen molar-refractivity contribution < 1.29 is 9.47 Å². The number of hydrogen-bond donors (Lipinski definition) is 2. The minimum Gasteiger partial charge on any atom is -0.489 e. The summed E-state index contributed by atoms with van der Waals surface area (Å²) in [5.74, 6) is 2.19. The Balaban J connectivity index is 1.74. The molecule has 0 unspecified atom stereocenters. The maximum atomic E-state index is 6.46. The van der Waals surface area contributed by atoms with E-state index in [4.69, 9.17) is 38.4 Å². The molecule has 2 aliphatic rings. The molecule has 0 amide bonds. The molecule has 0 aliphatic carbocycles. The molecule has 0 bridgehead atoms. The third-order valence-corrected chi connectivity index (χ3v) is 5.40. The number of aliphatic imine (C=N–C) groups is 1. The molecule has 1 atom stereocenters. The summed E-state index contributed by atoms with van der Waals surface area (Å²) in [4.78, 5) is 9.19. The minimum absolute atomic E-state index is 0.257. The van der Waals surface area contributed by atoms with E-state index in [1.165, 1.54) is 0 Å². The fourth-order valence-corrected chi connectivity index (χ4v) is 3.76. The lowest BCUT2D eigenvalue weighted by Crippen LogP contribution is -2.31. The molecule has 0 saturated carbocycles. The molecule has 9 heteroatoms. The Labute approximate surface area is 164 Å². The van der Waals surface area contributed by atoms with Crippen LogP contribution in [0.3, 0.4) is 0 Å². The van der Waals surface area contributed by atoms with E-state index in [-0.39, 0.29) is 5.96 Å². The van der Waals surface area contributed by atoms with E-state index in [1.54, 1.807) is 6.07 Å². The summed E-state index contributed by atoms with van der Waals surface area (Å²) < 4.78 is 13.5. The highest BCUT2D eigenvalue weighted by Crippen LogP contribution is 2.41. The van der Waals surface area contributed by atoms with Gasteiger partial charge in [0.05, 0.1) is 34.3 Å². The number of imidazole rings is 1. The zero-order chi connectivity index (χ0) is 18.5. The van der Waals surface area contributed by atoms with Crippen LogP contribution in [0.15, 0.2) is 35.3 Å². The van der Waals surface area contributed by atoms with E-state index >= 15 is 0 Å². The molecule has 3 heterocycles. The lowest BCUT2D eigenvalue weighted by atomic mass is 10.1. The third kappa shape index (κ3) is 2.65. The molecule has 3 aromatic rings. The van der Waals surface area contributed by atoms with Crippen molar-refractivity contribution in [3.63, 3.8) is 0 Å². The van der Waals surface area contributed by atoms with Gasteiger partial charge in [0.2, 0.25) is 5.95 Å². The van der Waals surface area contributed by atoms with Crippen LogP contribution in [0.2, 0.25) is 10.0 Å². The largest absolute Gasteiger partial charge is 0.489 e. The van der Waals surface area contributed by atoms with Crippen LogP contribution in [-0.2, 0) is 0 Å². The van der Waals surface area contributed by atoms with Gasteiger partial charge in [-0.3, -0.25) is 9.88 Å². The number of fused-ring (bicyclic) bond motifs is 4. The van der Waals surface area contributed by atoms with Crippen molar-refractivity contribution >= 4 is 46.1 Å². The minimum atomic E-state index is -0.498. The van der Waals surface area contributed by atoms with Crippen LogP contribution in [-0.4, -0.2) is 28.7 Å². The molecule has 3 N–H and O–H groups in total. The number of hydrogen-bond acceptors (Lipinski definition) is 6. The first-order valence-corrected chi connectivity index (χ1v) is 9.23. The highest BCUT2D eigenvalue weighted by molar-refractivity contribution is 6.42. The van der Waals surface area contributed by atoms with Crippen molar-refractivity contribution in [1.29, 1.82) is 0 Å². The quantitative estimate of drug-likeness (QED) is 0.645. The Morgan fingerprint density at radius 1 is 1.15 bits per heavy atom. The highest BCUT2D eigenvalue weighted by Gasteiger charge is 2.28. The normalized spacial score (nSPS) is 18.4. The number of rotatable bonds is 1. The molecule has 0 saturated heterocycles. The van der Waals surface area contributed by atoms with E-state index in [0.717, 1.165) is 23.0 Å². The molecule has 5 rings (SSSR count). The van der Waals surface area contributed by atoms with Gasteiger partial charge in [-0.15, -0.1) is 0 Å². The molecule has 1 aromatic heterocycles. The van der Waals surface area contributed by atoms with Crippen LogP contribution in [0.4, 0.5) is 5.95 Å². The van der Waals surface area contributed by atoms with Crippen molar-refractivity contribution in [2.24, 2.45) is 10.7 Å². The second-order valence-electron chi connectivity index (χ2n) is 6.30. The molecule has 0 fully saturated rings. The lowest BCUT2D eigenvalue weighted by Gasteiger charge is -2.24. The van der Waals surface area contributed by atoms with Gasteiger partial charge >= 0.3 is 0 Å². The summed E-state index contributed by atoms with van der Waals surface area (Å²) in [7, 11) is 0. The predicted molar refractivity (Wildman–Crippen MR) is 105 cm³/mol. The molecule has 0 spiro atoms. The van der Waals surface area contributed by atoms with Crippen molar-refractivity contribution in [1.82, 2.24) is 9.55 Å². The Morgan fingerprint density at radius 3 is 2.74 bits per heavy atom. The fraction of sp³-hybridized carbons (Fsp3) is 0.222. The number of nitrogens with one attached hydrogen (secondary N) is 1. The Morgan fingerprint density at radius 2 is 1.93 bits per heavy atom. The number of anilines is 1. The standard InChI is InChI=1S/C18H15Cl2N5O2/c19-10-4-1-3-9(15(10)20)16-23-17(21)24-18-22-11-7-13-14(8-12(11)25(16)18)27-6-2-5-26-13/h1,3-4,7-8,16H,2,5-6H2,(H3,21,22,23,24)/t16-/m1/s1. The Bertz CT molecular complexity index is 1100. The van der Waals surface area contributed by atoms with Gasteiger partial charge < -0.3 is 15.2 Å². The van der Waals surface area contributed by atoms with Gasteiger partial charge in [-0.25, -0.2) is 9.98 Å². The Hall–Kier alpha value is -2.64. The molecular weight excluding hydrogens is 389 g/mol. The van der Waals surface area contributed by atoms with Crippen LogP contribution >= 0.6 is 23.2 Å². The van der Waals surface area contributed by atoms with Crippen molar-refractivity contribution in [2.75, 3.05) is 18.5 Å². The first-order valence-electron chi connectivity index (χ1n) is 8.47. The van der Waals surface area contributed by atoms with E-state index < -0.39 is 6.17 Å². The van der Waals surface area contributed by atoms with Crippen molar-refractivity contribution in [3.8, 4) is 11.5 Å². The average molecular weight is 404 g/mol. The smallest absolute Gasteiger partial charge is 0.212 e. The number of nitrogens with two attached hydrogens (primary N) is 1. The molecule has 2 aliphatic heterocycles. The number of benzene rings is 2. The van der Waals surface area contributed by atoms with E-state index in [1.807, 2.05) is 28.8 Å². The lowest BCUT2D eigenvalue weighted by molar-refractivity contribution is 0.297. The van der Waals surface area contributed by atoms with Gasteiger partial charge in [0, 0.05) is 24.1 Å². The van der Waals surface area contributed by atoms with Gasteiger partial charge in [-0.05, 0) is 6.07 Å². The summed E-state index contributed by atoms with van der Waals surface area (Å²) >= 11 is 12.7. The number of nitrogens with zero attached hydrogens (tertiary/aromatic N) is 3. The Kier molecular flexibility index (Phi) is 3.80. The fourth-order valence-electron chi connectivity index (χ4n) is 3.35. The average Bonchev–Trinajstić information content (AvgIpc) is 2.83. The zero-order valence-corrected chi connectivity index (χ0v) is 15.6. The van der Waals surface area contributed by atoms with Gasteiger partial charge in [-0.1, -0.05) is 35.3 Å². The molecule has 7 nitrogen and oxygen atoms in total. The zero-order valence-electron chi connectivity index (χ0n) is 14.1. The van der Waals surface area contributed by atoms with Crippen LogP contribution in [0, 0.1) is 0 Å². The van der Waals surface area contributed by atoms with Gasteiger partial charge in [0.15, 0.2) is 23.6 Å². The second kappa shape index (κ2) is 6.21. The first kappa shape index (κ1) is 16.5. The summed E-state index contributed by atoms with van der Waals surface area (Å²) in [6.45, 7) is 1.22. The van der Waals surface area contributed by atoms with Gasteiger partial charge in [0.25, 0.3) is 0 Å². The molecule has 0 radical (unpaired) electrons. The van der Waals surface area contributed by atoms with Gasteiger partial charge in [0.1, 0.15) is 0 Å². The molecule has 2 aromatic carbocycles. The molecular formula is C18H15Cl2N5O2. The maximum absolute atomic E-state index is 6.46. The second-order valence-corrected chi connectivity index (χ2v) is 7.08. The molecule has 27 heavy (non-hydrogen) atoms. The van der Waals surface area contributed by atoms with Crippen molar-refractivity contribution in [3.05, 3.63) is 45.9 Å². The van der Waals surface area contributed by atoms with Gasteiger partial charge in [-0.2, -0.15) is 0 Å². The number of ether oxygens (including phenoxy) is 2. The van der Waals surface area contributed by atoms with Crippen LogP contribution in [0.1, 0.15) is 18.2 Å². The topological polar surface area (TPSA) is 86.7 Å². The number of aromatic nitrogens is 2. The summed E-state index contributed by atoms with van der Waals surface area (Å²) in [6, 6.07) is 9.23. The maximum Gasteiger partial charge on any atom is 0.212 e. The summed E-state index contributed by atoms with van der Waals surface area (Å²) in [5.41, 5.74) is 8.31. The summed E-state index contributed by atoms with van der Waals surface area (Å²) in [5, 5.41) is 3.90. The third-order valence-electron chi connectivity index (χ3n) is 4.56. The van der Waals surface area contributed by atoms with Crippen LogP contribution in [0.25, 0.3) is 11.0 Å². The van der Waals surface area contributed by atoms with Crippen LogP contribution in [0.5, 0.6) is 11.5 Å². The molecule has 138 valence electrons. The highest BCUT2D eigenvalue weighted by atomic mass is 35.5. The SMILES string of the molecule is NC1=N[C@@H](c2cccc(Cl)c2Cl)n2c(nc3cc4c(cc32)OCCCO4)N1. The van der Waals surface area contributed by atoms with E-state index in [2.05, 4.69) is 15.3 Å². The first-order chi connectivity index (χ1) is 13.1. The number of guanidine groups is 1. The predicted octanol–water partition coefficient (Wildman–Crippen LogP) is 3.79. The van der Waals surface area contributed by atoms with Crippen molar-refractivity contribution in [2.45, 2.75) is 12.6 Å². The number of halogens is 2. The van der Waals surface area contributed by atoms with E-state index in [9.17, 15) is 0 Å².